The summed E-state index contributed by atoms with van der Waals surface area (Å²) in [6, 6.07) is 9.86. The van der Waals surface area contributed by atoms with Crippen LogP contribution in [0.1, 0.15) is 12.8 Å². The normalized spacial score (nSPS) is 14.5. The molecule has 0 unspecified atom stereocenters. The fraction of sp³-hybridized carbons (Fsp3) is 0.278. The molecule has 2 aromatic rings. The van der Waals surface area contributed by atoms with E-state index < -0.39 is 33.1 Å². The number of ether oxygens (including phenoxy) is 1. The number of benzene rings is 2. The van der Waals surface area contributed by atoms with Crippen LogP contribution in [0.25, 0.3) is 0 Å². The number of halogens is 1. The van der Waals surface area contributed by atoms with Gasteiger partial charge in [0.2, 0.25) is 10.0 Å². The second-order valence-electron chi connectivity index (χ2n) is 6.35. The van der Waals surface area contributed by atoms with Crippen LogP contribution in [0.15, 0.2) is 47.4 Å². The number of carbonyl (C=O) groups excluding carboxylic acids is 1. The van der Waals surface area contributed by atoms with E-state index in [0.717, 1.165) is 18.9 Å². The van der Waals surface area contributed by atoms with E-state index in [2.05, 4.69) is 5.32 Å². The zero-order valence-electron chi connectivity index (χ0n) is 15.2. The zero-order chi connectivity index (χ0) is 21.0. The highest BCUT2D eigenvalue weighted by atomic mass is 35.5. The molecule has 0 aromatic heterocycles. The highest BCUT2D eigenvalue weighted by Crippen LogP contribution is 2.31. The maximum Gasteiger partial charge on any atom is 0.312 e. The first kappa shape index (κ1) is 21.0. The minimum Gasteiger partial charge on any atom is -0.477 e. The van der Waals surface area contributed by atoms with Crippen LogP contribution in [0.4, 0.5) is 11.4 Å². The Balaban J connectivity index is 1.74. The SMILES string of the molecule is O=C(COc1ccc(S(=O)(=O)N2CCCC2)cc1[N+](=O)[O-])Nc1cccc(Cl)c1. The molecule has 0 spiro atoms. The largest absolute Gasteiger partial charge is 0.477 e. The number of hydrogen-bond donors (Lipinski definition) is 1. The maximum absolute atomic E-state index is 12.6. The van der Waals surface area contributed by atoms with Crippen LogP contribution in [0.2, 0.25) is 5.02 Å². The average Bonchev–Trinajstić information content (AvgIpc) is 3.22. The second kappa shape index (κ2) is 8.76. The standard InChI is InChI=1S/C18H18ClN3O6S/c19-13-4-3-5-14(10-13)20-18(23)12-28-17-7-6-15(11-16(17)22(24)25)29(26,27)21-8-1-2-9-21/h3-7,10-11H,1-2,8-9,12H2,(H,20,23). The van der Waals surface area contributed by atoms with Gasteiger partial charge in [0, 0.05) is 29.9 Å². The Kier molecular flexibility index (Phi) is 6.36. The number of sulfonamides is 1. The Bertz CT molecular complexity index is 1040. The van der Waals surface area contributed by atoms with Gasteiger partial charge in [-0.1, -0.05) is 17.7 Å². The fourth-order valence-electron chi connectivity index (χ4n) is 2.91. The van der Waals surface area contributed by atoms with Crippen LogP contribution in [0.3, 0.4) is 0 Å². The van der Waals surface area contributed by atoms with Crippen molar-refractivity contribution in [2.45, 2.75) is 17.7 Å². The first-order valence-corrected chi connectivity index (χ1v) is 10.6. The Labute approximate surface area is 172 Å². The molecule has 11 heteroatoms. The first-order chi connectivity index (χ1) is 13.8. The van der Waals surface area contributed by atoms with Crippen molar-refractivity contribution in [3.05, 3.63) is 57.6 Å². The van der Waals surface area contributed by atoms with Crippen molar-refractivity contribution in [1.82, 2.24) is 4.31 Å². The summed E-state index contributed by atoms with van der Waals surface area (Å²) in [4.78, 5) is 22.5. The Morgan fingerprint density at radius 3 is 2.59 bits per heavy atom. The molecule has 2 aromatic carbocycles. The molecule has 0 atom stereocenters. The number of nitro benzene ring substituents is 1. The van der Waals surface area contributed by atoms with Gasteiger partial charge < -0.3 is 10.1 Å². The van der Waals surface area contributed by atoms with E-state index in [1.807, 2.05) is 0 Å². The fourth-order valence-corrected chi connectivity index (χ4v) is 4.63. The first-order valence-electron chi connectivity index (χ1n) is 8.74. The third-order valence-electron chi connectivity index (χ3n) is 4.30. The van der Waals surface area contributed by atoms with Crippen molar-refractivity contribution in [3.8, 4) is 5.75 Å². The number of nitro groups is 1. The van der Waals surface area contributed by atoms with Gasteiger partial charge in [-0.15, -0.1) is 0 Å². The zero-order valence-corrected chi connectivity index (χ0v) is 16.8. The van der Waals surface area contributed by atoms with Crippen LogP contribution in [0.5, 0.6) is 5.75 Å². The lowest BCUT2D eigenvalue weighted by Gasteiger charge is -2.16. The number of amides is 1. The molecule has 1 aliphatic heterocycles. The number of carbonyl (C=O) groups is 1. The van der Waals surface area contributed by atoms with Gasteiger partial charge in [-0.05, 0) is 43.2 Å². The van der Waals surface area contributed by atoms with E-state index in [1.54, 1.807) is 24.3 Å². The highest BCUT2D eigenvalue weighted by Gasteiger charge is 2.30. The lowest BCUT2D eigenvalue weighted by Crippen LogP contribution is -2.28. The summed E-state index contributed by atoms with van der Waals surface area (Å²) < 4.78 is 31.8. The molecule has 1 fully saturated rings. The van der Waals surface area contributed by atoms with Crippen LogP contribution in [-0.4, -0.2) is 43.2 Å². The minimum atomic E-state index is -3.81. The van der Waals surface area contributed by atoms with E-state index >= 15 is 0 Å². The van der Waals surface area contributed by atoms with Gasteiger partial charge in [-0.2, -0.15) is 4.31 Å². The van der Waals surface area contributed by atoms with Crippen molar-refractivity contribution in [1.29, 1.82) is 0 Å². The number of rotatable bonds is 7. The molecule has 1 N–H and O–H groups in total. The quantitative estimate of drug-likeness (QED) is 0.523. The smallest absolute Gasteiger partial charge is 0.312 e. The van der Waals surface area contributed by atoms with Gasteiger partial charge in [0.05, 0.1) is 9.82 Å². The summed E-state index contributed by atoms with van der Waals surface area (Å²) in [5.41, 5.74) is -0.0755. The summed E-state index contributed by atoms with van der Waals surface area (Å²) in [6.45, 7) is 0.279. The van der Waals surface area contributed by atoms with Gasteiger partial charge in [-0.25, -0.2) is 8.42 Å². The molecule has 9 nitrogen and oxygen atoms in total. The average molecular weight is 440 g/mol. The Hall–Kier alpha value is -2.69. The van der Waals surface area contributed by atoms with E-state index in [9.17, 15) is 23.3 Å². The minimum absolute atomic E-state index is 0.179. The summed E-state index contributed by atoms with van der Waals surface area (Å²) >= 11 is 5.85. The number of anilines is 1. The number of nitrogens with zero attached hydrogens (tertiary/aromatic N) is 2. The topological polar surface area (TPSA) is 119 Å². The predicted molar refractivity (Wildman–Crippen MR) is 107 cm³/mol. The monoisotopic (exact) mass is 439 g/mol. The lowest BCUT2D eigenvalue weighted by atomic mass is 10.3. The van der Waals surface area contributed by atoms with Gasteiger partial charge in [0.15, 0.2) is 12.4 Å². The van der Waals surface area contributed by atoms with Crippen molar-refractivity contribution in [2.75, 3.05) is 25.0 Å². The van der Waals surface area contributed by atoms with Crippen LogP contribution >= 0.6 is 11.6 Å². The van der Waals surface area contributed by atoms with E-state index in [4.69, 9.17) is 16.3 Å². The molecule has 3 rings (SSSR count). The van der Waals surface area contributed by atoms with Crippen molar-refractivity contribution in [3.63, 3.8) is 0 Å². The second-order valence-corrected chi connectivity index (χ2v) is 8.72. The third-order valence-corrected chi connectivity index (χ3v) is 6.43. The summed E-state index contributed by atoms with van der Waals surface area (Å²) in [6.07, 6.45) is 1.51. The highest BCUT2D eigenvalue weighted by molar-refractivity contribution is 7.89. The van der Waals surface area contributed by atoms with E-state index in [-0.39, 0.29) is 10.6 Å². The summed E-state index contributed by atoms with van der Waals surface area (Å²) in [5, 5.41) is 14.4. The van der Waals surface area contributed by atoms with Gasteiger partial charge >= 0.3 is 5.69 Å². The van der Waals surface area contributed by atoms with E-state index in [0.29, 0.717) is 23.8 Å². The molecule has 0 saturated carbocycles. The molecule has 154 valence electrons. The van der Waals surface area contributed by atoms with E-state index in [1.165, 1.54) is 16.4 Å². The molecule has 0 radical (unpaired) electrons. The van der Waals surface area contributed by atoms with Gasteiger partial charge in [0.25, 0.3) is 5.91 Å². The maximum atomic E-state index is 12.6. The van der Waals surface area contributed by atoms with Gasteiger partial charge in [0.1, 0.15) is 0 Å². The molecular weight excluding hydrogens is 422 g/mol. The molecule has 0 bridgehead atoms. The molecule has 1 saturated heterocycles. The molecule has 1 aliphatic rings. The Morgan fingerprint density at radius 1 is 1.21 bits per heavy atom. The molecule has 1 amide bonds. The van der Waals surface area contributed by atoms with Crippen molar-refractivity contribution < 1.29 is 22.9 Å². The van der Waals surface area contributed by atoms with Crippen LogP contribution < -0.4 is 10.1 Å². The van der Waals surface area contributed by atoms with Crippen molar-refractivity contribution >= 4 is 38.9 Å². The summed E-state index contributed by atoms with van der Waals surface area (Å²) in [5.74, 6) is -0.744. The predicted octanol–water partition coefficient (Wildman–Crippen LogP) is 3.05. The third kappa shape index (κ3) is 5.03. The molecule has 29 heavy (non-hydrogen) atoms. The molecule has 1 heterocycles. The Morgan fingerprint density at radius 2 is 1.93 bits per heavy atom. The van der Waals surface area contributed by atoms with Gasteiger partial charge in [-0.3, -0.25) is 14.9 Å². The number of nitrogens with one attached hydrogen (secondary N) is 1. The molecule has 0 aliphatic carbocycles. The van der Waals surface area contributed by atoms with Crippen LogP contribution in [0, 0.1) is 10.1 Å². The molecular formula is C18H18ClN3O6S. The van der Waals surface area contributed by atoms with Crippen molar-refractivity contribution in [2.24, 2.45) is 0 Å². The lowest BCUT2D eigenvalue weighted by molar-refractivity contribution is -0.386. The number of hydrogen-bond acceptors (Lipinski definition) is 6. The summed E-state index contributed by atoms with van der Waals surface area (Å²) in [7, 11) is -3.81. The van der Waals surface area contributed by atoms with Crippen LogP contribution in [-0.2, 0) is 14.8 Å².